The predicted octanol–water partition coefficient (Wildman–Crippen LogP) is 0.0505. The zero-order valence-electron chi connectivity index (χ0n) is 9.68. The molecule has 0 amide bonds. The Kier molecular flexibility index (Phi) is 3.28. The highest BCUT2D eigenvalue weighted by Crippen LogP contribution is 2.22. The standard InChI is InChI=1S/C11H7NO7S/c13-6-1-3-7(4-2-6)19-11(16)9-5-8(10(14)15)12-20(9,17)18/h1-5,13H,(H,14,15). The fraction of sp³-hybridized carbons (Fsp3) is 0. The first-order valence-corrected chi connectivity index (χ1v) is 6.55. The van der Waals surface area contributed by atoms with Crippen LogP contribution in [-0.4, -0.2) is 36.3 Å². The van der Waals surface area contributed by atoms with E-state index in [1.165, 1.54) is 24.3 Å². The maximum Gasteiger partial charge on any atom is 0.357 e. The quantitative estimate of drug-likeness (QED) is 0.595. The van der Waals surface area contributed by atoms with Crippen LogP contribution in [0.1, 0.15) is 0 Å². The van der Waals surface area contributed by atoms with Gasteiger partial charge < -0.3 is 14.9 Å². The van der Waals surface area contributed by atoms with E-state index >= 15 is 0 Å². The van der Waals surface area contributed by atoms with Gasteiger partial charge >= 0.3 is 11.9 Å². The molecule has 0 fully saturated rings. The molecule has 1 aliphatic heterocycles. The van der Waals surface area contributed by atoms with E-state index in [9.17, 15) is 18.0 Å². The van der Waals surface area contributed by atoms with Crippen molar-refractivity contribution in [3.05, 3.63) is 35.2 Å². The number of hydrogen-bond acceptors (Lipinski definition) is 6. The summed E-state index contributed by atoms with van der Waals surface area (Å²) in [5, 5.41) is 17.7. The molecule has 0 aromatic heterocycles. The summed E-state index contributed by atoms with van der Waals surface area (Å²) < 4.78 is 30.7. The maximum atomic E-state index is 11.7. The summed E-state index contributed by atoms with van der Waals surface area (Å²) in [6, 6.07) is 4.96. The van der Waals surface area contributed by atoms with Crippen LogP contribution in [0.3, 0.4) is 0 Å². The average molecular weight is 297 g/mol. The van der Waals surface area contributed by atoms with Crippen LogP contribution in [-0.2, 0) is 19.6 Å². The summed E-state index contributed by atoms with van der Waals surface area (Å²) in [7, 11) is -4.36. The van der Waals surface area contributed by atoms with E-state index in [0.717, 1.165) is 0 Å². The Bertz CT molecular complexity index is 743. The summed E-state index contributed by atoms with van der Waals surface area (Å²) in [5.74, 6) is -2.89. The van der Waals surface area contributed by atoms with E-state index in [2.05, 4.69) is 4.40 Å². The van der Waals surface area contributed by atoms with Gasteiger partial charge in [-0.2, -0.15) is 12.8 Å². The molecule has 2 N–H and O–H groups in total. The van der Waals surface area contributed by atoms with Crippen LogP contribution in [0, 0.1) is 0 Å². The Morgan fingerprint density at radius 1 is 1.15 bits per heavy atom. The molecule has 0 saturated carbocycles. The van der Waals surface area contributed by atoms with Gasteiger partial charge in [0.25, 0.3) is 10.0 Å². The van der Waals surface area contributed by atoms with Crippen molar-refractivity contribution in [2.75, 3.05) is 0 Å². The molecule has 1 aromatic rings. The highest BCUT2D eigenvalue weighted by Gasteiger charge is 2.34. The zero-order chi connectivity index (χ0) is 14.9. The fourth-order valence-electron chi connectivity index (χ4n) is 1.34. The van der Waals surface area contributed by atoms with Crippen LogP contribution in [0.25, 0.3) is 0 Å². The molecular weight excluding hydrogens is 290 g/mol. The van der Waals surface area contributed by atoms with E-state index in [4.69, 9.17) is 14.9 Å². The molecule has 0 atom stereocenters. The lowest BCUT2D eigenvalue weighted by Crippen LogP contribution is -2.15. The average Bonchev–Trinajstić information content (AvgIpc) is 2.68. The number of aromatic hydroxyl groups is 1. The Labute approximate surface area is 112 Å². The molecule has 9 heteroatoms. The van der Waals surface area contributed by atoms with Crippen LogP contribution in [0.5, 0.6) is 11.5 Å². The van der Waals surface area contributed by atoms with Crippen molar-refractivity contribution in [3.8, 4) is 11.5 Å². The lowest BCUT2D eigenvalue weighted by Gasteiger charge is -2.03. The van der Waals surface area contributed by atoms with Gasteiger partial charge in [-0.15, -0.1) is 0 Å². The minimum Gasteiger partial charge on any atom is -0.508 e. The van der Waals surface area contributed by atoms with Crippen LogP contribution >= 0.6 is 0 Å². The van der Waals surface area contributed by atoms with E-state index in [1.54, 1.807) is 0 Å². The topological polar surface area (TPSA) is 130 Å². The summed E-state index contributed by atoms with van der Waals surface area (Å²) in [4.78, 5) is 21.5. The van der Waals surface area contributed by atoms with Crippen LogP contribution in [0.4, 0.5) is 0 Å². The molecule has 1 heterocycles. The predicted molar refractivity (Wildman–Crippen MR) is 65.8 cm³/mol. The van der Waals surface area contributed by atoms with Crippen molar-refractivity contribution in [1.29, 1.82) is 0 Å². The number of aliphatic carboxylic acids is 1. The van der Waals surface area contributed by atoms with Crippen molar-refractivity contribution in [2.24, 2.45) is 4.40 Å². The summed E-state index contributed by atoms with van der Waals surface area (Å²) in [6.07, 6.45) is 0.625. The van der Waals surface area contributed by atoms with E-state index in [-0.39, 0.29) is 11.5 Å². The number of hydrogen-bond donors (Lipinski definition) is 2. The van der Waals surface area contributed by atoms with Gasteiger partial charge in [0.05, 0.1) is 0 Å². The molecule has 1 aliphatic rings. The second kappa shape index (κ2) is 4.78. The molecule has 0 radical (unpaired) electrons. The number of benzene rings is 1. The number of phenolic OH excluding ortho intramolecular Hbond substituents is 1. The maximum absolute atomic E-state index is 11.7. The fourth-order valence-corrected chi connectivity index (χ4v) is 2.34. The number of carboxylic acids is 1. The summed E-state index contributed by atoms with van der Waals surface area (Å²) in [5.41, 5.74) is -0.761. The number of rotatable bonds is 3. The van der Waals surface area contributed by atoms with E-state index in [0.29, 0.717) is 6.08 Å². The molecule has 2 rings (SSSR count). The second-order valence-electron chi connectivity index (χ2n) is 3.65. The Morgan fingerprint density at radius 2 is 1.75 bits per heavy atom. The number of carboxylic acid groups (broad SMARTS) is 1. The van der Waals surface area contributed by atoms with E-state index in [1.807, 2.05) is 0 Å². The summed E-state index contributed by atoms with van der Waals surface area (Å²) in [6.45, 7) is 0. The van der Waals surface area contributed by atoms with Gasteiger partial charge in [-0.3, -0.25) is 0 Å². The Morgan fingerprint density at radius 3 is 2.25 bits per heavy atom. The van der Waals surface area contributed by atoms with Crippen molar-refractivity contribution in [3.63, 3.8) is 0 Å². The third-order valence-electron chi connectivity index (χ3n) is 2.23. The van der Waals surface area contributed by atoms with E-state index < -0.39 is 32.6 Å². The molecule has 0 spiro atoms. The SMILES string of the molecule is O=C(O)C1=NS(=O)(=O)C(C(=O)Oc2ccc(O)cc2)=C1. The monoisotopic (exact) mass is 297 g/mol. The van der Waals surface area contributed by atoms with Gasteiger partial charge in [0.1, 0.15) is 11.5 Å². The van der Waals surface area contributed by atoms with Gasteiger partial charge in [0.2, 0.25) is 0 Å². The Balaban J connectivity index is 2.25. The number of esters is 1. The molecule has 104 valence electrons. The highest BCUT2D eigenvalue weighted by atomic mass is 32.2. The normalized spacial score (nSPS) is 16.2. The van der Waals surface area contributed by atoms with Gasteiger partial charge in [0, 0.05) is 6.08 Å². The van der Waals surface area contributed by atoms with Crippen LogP contribution in [0.2, 0.25) is 0 Å². The third kappa shape index (κ3) is 2.67. The number of carbonyl (C=O) groups is 2. The van der Waals surface area contributed by atoms with Gasteiger partial charge in [0.15, 0.2) is 10.6 Å². The van der Waals surface area contributed by atoms with Crippen molar-refractivity contribution < 1.29 is 33.0 Å². The van der Waals surface area contributed by atoms with Gasteiger partial charge in [-0.25, -0.2) is 9.59 Å². The van der Waals surface area contributed by atoms with Crippen LogP contribution < -0.4 is 4.74 Å². The number of phenols is 1. The number of nitrogens with zero attached hydrogens (tertiary/aromatic N) is 1. The highest BCUT2D eigenvalue weighted by molar-refractivity contribution is 7.95. The zero-order valence-corrected chi connectivity index (χ0v) is 10.5. The number of carbonyl (C=O) groups excluding carboxylic acids is 1. The number of ether oxygens (including phenoxy) is 1. The minimum atomic E-state index is -4.36. The molecule has 0 aliphatic carbocycles. The lowest BCUT2D eigenvalue weighted by atomic mass is 10.3. The largest absolute Gasteiger partial charge is 0.508 e. The minimum absolute atomic E-state index is 0.00678. The molecule has 20 heavy (non-hydrogen) atoms. The molecule has 1 aromatic carbocycles. The molecule has 0 bridgehead atoms. The van der Waals surface area contributed by atoms with Gasteiger partial charge in [-0.05, 0) is 24.3 Å². The first kappa shape index (κ1) is 13.7. The first-order valence-electron chi connectivity index (χ1n) is 5.11. The van der Waals surface area contributed by atoms with Crippen molar-refractivity contribution in [1.82, 2.24) is 0 Å². The molecular formula is C11H7NO7S. The lowest BCUT2D eigenvalue weighted by molar-refractivity contribution is -0.130. The number of sulfonamides is 1. The van der Waals surface area contributed by atoms with Crippen molar-refractivity contribution in [2.45, 2.75) is 0 Å². The van der Waals surface area contributed by atoms with Crippen molar-refractivity contribution >= 4 is 27.7 Å². The second-order valence-corrected chi connectivity index (χ2v) is 5.22. The first-order chi connectivity index (χ1) is 9.29. The third-order valence-corrected chi connectivity index (χ3v) is 3.51. The van der Waals surface area contributed by atoms with Gasteiger partial charge in [-0.1, -0.05) is 0 Å². The molecule has 0 unspecified atom stereocenters. The smallest absolute Gasteiger partial charge is 0.357 e. The summed E-state index contributed by atoms with van der Waals surface area (Å²) >= 11 is 0. The van der Waals surface area contributed by atoms with Crippen LogP contribution in [0.15, 0.2) is 39.6 Å². The Hall–Kier alpha value is -2.68. The molecule has 8 nitrogen and oxygen atoms in total. The molecule has 0 saturated heterocycles.